The van der Waals surface area contributed by atoms with Crippen LogP contribution in [0.15, 0.2) is 60.7 Å². The van der Waals surface area contributed by atoms with Crippen LogP contribution in [0.25, 0.3) is 0 Å². The average Bonchev–Trinajstić information content (AvgIpc) is 3.38. The number of anilines is 3. The van der Waals surface area contributed by atoms with E-state index in [-0.39, 0.29) is 28.5 Å². The standard InChI is InChI=1S/C31H31Cl2FN4O4/c1-30(2,3)14-23-31(20-12-7-16(32)13-22(20)37-29(31)42)25(19-5-4-6-21(33)26(19)34)27(38-23)28(41)36-18-10-8-17(9-11-18)35-15-24(39)40/h4-13,23,25,27,35,38H,14-15H2,1-3H3,(H,36,41)(H,37,42)(H,39,40)/t23-,25-,27+,31+/m0/s1. The monoisotopic (exact) mass is 612 g/mol. The third kappa shape index (κ3) is 5.44. The number of carboxylic acids is 1. The lowest BCUT2D eigenvalue weighted by molar-refractivity contribution is -0.135. The van der Waals surface area contributed by atoms with Crippen LogP contribution in [0, 0.1) is 11.2 Å². The lowest BCUT2D eigenvalue weighted by atomic mass is 9.62. The molecule has 3 aromatic rings. The molecule has 1 saturated heterocycles. The molecule has 1 spiro atoms. The summed E-state index contributed by atoms with van der Waals surface area (Å²) in [4.78, 5) is 39.1. The van der Waals surface area contributed by atoms with Gasteiger partial charge in [-0.2, -0.15) is 0 Å². The molecule has 220 valence electrons. The van der Waals surface area contributed by atoms with Gasteiger partial charge in [-0.05, 0) is 65.4 Å². The molecule has 0 unspecified atom stereocenters. The van der Waals surface area contributed by atoms with Crippen LogP contribution >= 0.6 is 23.2 Å². The Morgan fingerprint density at radius 1 is 1.05 bits per heavy atom. The zero-order chi connectivity index (χ0) is 30.4. The molecule has 2 aliphatic rings. The maximum atomic E-state index is 15.9. The molecule has 0 aromatic heterocycles. The normalized spacial score (nSPS) is 23.0. The van der Waals surface area contributed by atoms with Crippen molar-refractivity contribution in [3.63, 3.8) is 0 Å². The fourth-order valence-electron chi connectivity index (χ4n) is 6.22. The van der Waals surface area contributed by atoms with E-state index in [2.05, 4.69) is 21.3 Å². The van der Waals surface area contributed by atoms with E-state index in [9.17, 15) is 14.4 Å². The first-order valence-corrected chi connectivity index (χ1v) is 14.2. The number of benzene rings is 3. The van der Waals surface area contributed by atoms with Crippen LogP contribution in [-0.4, -0.2) is 41.5 Å². The molecule has 8 nitrogen and oxygen atoms in total. The van der Waals surface area contributed by atoms with E-state index >= 15 is 4.39 Å². The van der Waals surface area contributed by atoms with Gasteiger partial charge in [0.1, 0.15) is 17.8 Å². The lowest BCUT2D eigenvalue weighted by Gasteiger charge is -2.37. The molecule has 5 rings (SSSR count). The maximum Gasteiger partial charge on any atom is 0.322 e. The van der Waals surface area contributed by atoms with Crippen LogP contribution in [0.3, 0.4) is 0 Å². The second-order valence-corrected chi connectivity index (χ2v) is 12.8. The molecule has 2 amide bonds. The van der Waals surface area contributed by atoms with E-state index in [0.717, 1.165) is 0 Å². The van der Waals surface area contributed by atoms with Crippen LogP contribution < -0.4 is 21.3 Å². The number of fused-ring (bicyclic) bond motifs is 2. The molecule has 5 N–H and O–H groups in total. The van der Waals surface area contributed by atoms with Crippen LogP contribution in [0.4, 0.5) is 21.5 Å². The zero-order valence-corrected chi connectivity index (χ0v) is 24.7. The molecule has 2 heterocycles. The predicted octanol–water partition coefficient (Wildman–Crippen LogP) is 6.02. The highest BCUT2D eigenvalue weighted by Crippen LogP contribution is 2.57. The van der Waals surface area contributed by atoms with Gasteiger partial charge in [-0.1, -0.05) is 62.2 Å². The van der Waals surface area contributed by atoms with Crippen molar-refractivity contribution in [3.8, 4) is 0 Å². The number of hydrogen-bond donors (Lipinski definition) is 5. The van der Waals surface area contributed by atoms with E-state index in [0.29, 0.717) is 34.1 Å². The highest BCUT2D eigenvalue weighted by atomic mass is 35.5. The number of carbonyl (C=O) groups is 3. The first-order chi connectivity index (χ1) is 19.8. The second-order valence-electron chi connectivity index (χ2n) is 11.9. The largest absolute Gasteiger partial charge is 0.480 e. The van der Waals surface area contributed by atoms with Crippen LogP contribution in [0.2, 0.25) is 10.0 Å². The minimum Gasteiger partial charge on any atom is -0.480 e. The van der Waals surface area contributed by atoms with Crippen molar-refractivity contribution in [1.29, 1.82) is 0 Å². The highest BCUT2D eigenvalue weighted by molar-refractivity contribution is 6.31. The van der Waals surface area contributed by atoms with Crippen molar-refractivity contribution >= 4 is 58.0 Å². The second kappa shape index (κ2) is 11.2. The molecule has 0 radical (unpaired) electrons. The number of halogens is 3. The molecule has 3 aromatic carbocycles. The quantitative estimate of drug-likeness (QED) is 0.223. The van der Waals surface area contributed by atoms with Gasteiger partial charge in [0.25, 0.3) is 0 Å². The lowest BCUT2D eigenvalue weighted by Crippen LogP contribution is -2.49. The minimum absolute atomic E-state index is 0.111. The smallest absolute Gasteiger partial charge is 0.322 e. The van der Waals surface area contributed by atoms with Crippen molar-refractivity contribution in [2.24, 2.45) is 5.41 Å². The van der Waals surface area contributed by atoms with E-state index in [1.54, 1.807) is 54.6 Å². The van der Waals surface area contributed by atoms with Crippen molar-refractivity contribution in [2.75, 3.05) is 22.5 Å². The Morgan fingerprint density at radius 3 is 2.40 bits per heavy atom. The SMILES string of the molecule is CC(C)(C)C[C@@H]1N[C@@H](C(=O)Nc2ccc(NCC(=O)O)cc2)[C@H](c2cccc(Cl)c2F)[C@]12C(=O)Nc1cc(Cl)ccc12. The van der Waals surface area contributed by atoms with Crippen molar-refractivity contribution in [3.05, 3.63) is 87.7 Å². The summed E-state index contributed by atoms with van der Waals surface area (Å²) < 4.78 is 15.9. The summed E-state index contributed by atoms with van der Waals surface area (Å²) in [5.41, 5.74) is 0.698. The summed E-state index contributed by atoms with van der Waals surface area (Å²) in [7, 11) is 0. The molecule has 0 saturated carbocycles. The third-order valence-corrected chi connectivity index (χ3v) is 8.34. The summed E-state index contributed by atoms with van der Waals surface area (Å²) in [6, 6.07) is 14.7. The maximum absolute atomic E-state index is 15.9. The summed E-state index contributed by atoms with van der Waals surface area (Å²) in [5.74, 6) is -3.48. The number of aliphatic carboxylic acids is 1. The van der Waals surface area contributed by atoms with Gasteiger partial charge in [0.15, 0.2) is 0 Å². The Bertz CT molecular complexity index is 1560. The molecule has 4 atom stereocenters. The molecule has 0 aliphatic carbocycles. The first-order valence-electron chi connectivity index (χ1n) is 13.5. The van der Waals surface area contributed by atoms with Gasteiger partial charge in [-0.15, -0.1) is 0 Å². The number of amides is 2. The van der Waals surface area contributed by atoms with E-state index in [1.807, 2.05) is 20.8 Å². The van der Waals surface area contributed by atoms with Gasteiger partial charge in [0, 0.05) is 34.0 Å². The highest BCUT2D eigenvalue weighted by Gasteiger charge is 2.66. The number of rotatable bonds is 7. The van der Waals surface area contributed by atoms with Crippen LogP contribution in [-0.2, 0) is 19.8 Å². The minimum atomic E-state index is -1.36. The molecular formula is C31H31Cl2FN4O4. The Balaban J connectivity index is 1.62. The Morgan fingerprint density at radius 2 is 1.74 bits per heavy atom. The predicted molar refractivity (Wildman–Crippen MR) is 162 cm³/mol. The summed E-state index contributed by atoms with van der Waals surface area (Å²) >= 11 is 12.5. The fourth-order valence-corrected chi connectivity index (χ4v) is 6.58. The summed E-state index contributed by atoms with van der Waals surface area (Å²) in [5, 5.41) is 21.3. The van der Waals surface area contributed by atoms with Gasteiger partial charge in [0.05, 0.1) is 11.1 Å². The van der Waals surface area contributed by atoms with Gasteiger partial charge in [0.2, 0.25) is 11.8 Å². The number of nitrogens with one attached hydrogen (secondary N) is 4. The number of carbonyl (C=O) groups excluding carboxylic acids is 2. The van der Waals surface area contributed by atoms with Gasteiger partial charge in [-0.3, -0.25) is 14.4 Å². The Kier molecular flexibility index (Phi) is 7.96. The zero-order valence-electron chi connectivity index (χ0n) is 23.2. The number of carboxylic acid groups (broad SMARTS) is 1. The van der Waals surface area contributed by atoms with Crippen molar-refractivity contribution in [2.45, 2.75) is 50.6 Å². The fraction of sp³-hybridized carbons (Fsp3) is 0.323. The van der Waals surface area contributed by atoms with Crippen molar-refractivity contribution in [1.82, 2.24) is 5.32 Å². The summed E-state index contributed by atoms with van der Waals surface area (Å²) in [6.07, 6.45) is 0.495. The molecule has 0 bridgehead atoms. The van der Waals surface area contributed by atoms with E-state index < -0.39 is 41.1 Å². The summed E-state index contributed by atoms with van der Waals surface area (Å²) in [6.45, 7) is 5.87. The van der Waals surface area contributed by atoms with E-state index in [1.165, 1.54) is 6.07 Å². The van der Waals surface area contributed by atoms with E-state index in [4.69, 9.17) is 28.3 Å². The molecule has 11 heteroatoms. The first kappa shape index (κ1) is 29.8. The Hall–Kier alpha value is -3.66. The van der Waals surface area contributed by atoms with Crippen molar-refractivity contribution < 1.29 is 23.9 Å². The number of hydrogen-bond acceptors (Lipinski definition) is 5. The Labute approximate surface area is 253 Å². The van der Waals surface area contributed by atoms with Gasteiger partial charge in [-0.25, -0.2) is 4.39 Å². The molecular weight excluding hydrogens is 582 g/mol. The van der Waals surface area contributed by atoms with Crippen LogP contribution in [0.5, 0.6) is 0 Å². The van der Waals surface area contributed by atoms with Crippen LogP contribution in [0.1, 0.15) is 44.2 Å². The molecule has 42 heavy (non-hydrogen) atoms. The third-order valence-electron chi connectivity index (χ3n) is 7.82. The topological polar surface area (TPSA) is 120 Å². The van der Waals surface area contributed by atoms with Gasteiger partial charge >= 0.3 is 5.97 Å². The average molecular weight is 614 g/mol. The molecule has 2 aliphatic heterocycles. The molecule has 1 fully saturated rings. The van der Waals surface area contributed by atoms with Gasteiger partial charge < -0.3 is 26.4 Å².